The van der Waals surface area contributed by atoms with Gasteiger partial charge in [-0.25, -0.2) is 4.98 Å². The number of hydrogen-bond acceptors (Lipinski definition) is 5. The fraction of sp³-hybridized carbons (Fsp3) is 0.833. The Morgan fingerprint density at radius 3 is 2.78 bits per heavy atom. The zero-order valence-corrected chi connectivity index (χ0v) is 11.2. The second-order valence-corrected chi connectivity index (χ2v) is 5.11. The lowest BCUT2D eigenvalue weighted by atomic mass is 10.1. The normalized spacial score (nSPS) is 19.3. The Morgan fingerprint density at radius 1 is 1.39 bits per heavy atom. The van der Waals surface area contributed by atoms with Crippen LogP contribution in [0.4, 0.5) is 0 Å². The maximum Gasteiger partial charge on any atom is 0.167 e. The Balaban J connectivity index is 1.82. The highest BCUT2D eigenvalue weighted by molar-refractivity contribution is 4.97. The molecule has 1 saturated heterocycles. The van der Waals surface area contributed by atoms with Gasteiger partial charge in [0.2, 0.25) is 0 Å². The van der Waals surface area contributed by atoms with Crippen molar-refractivity contribution >= 4 is 0 Å². The zero-order chi connectivity index (χ0) is 13.0. The van der Waals surface area contributed by atoms with E-state index in [0.717, 1.165) is 50.9 Å². The Morgan fingerprint density at radius 2 is 2.11 bits per heavy atom. The molecule has 2 rings (SSSR count). The number of H-pyrrole nitrogens is 1. The molecule has 1 aliphatic heterocycles. The van der Waals surface area contributed by atoms with Gasteiger partial charge in [0.05, 0.1) is 19.3 Å². The Bertz CT molecular complexity index is 359. The van der Waals surface area contributed by atoms with E-state index in [1.165, 1.54) is 0 Å². The van der Waals surface area contributed by atoms with E-state index in [4.69, 9.17) is 10.5 Å². The van der Waals surface area contributed by atoms with E-state index in [1.54, 1.807) is 0 Å². The molecule has 6 nitrogen and oxygen atoms in total. The molecule has 1 fully saturated rings. The molecule has 1 aromatic rings. The Kier molecular flexibility index (Phi) is 4.68. The zero-order valence-electron chi connectivity index (χ0n) is 11.2. The maximum atomic E-state index is 6.02. The van der Waals surface area contributed by atoms with Crippen LogP contribution in [0.2, 0.25) is 0 Å². The molecule has 1 aromatic heterocycles. The first-order valence-electron chi connectivity index (χ1n) is 6.63. The highest BCUT2D eigenvalue weighted by Crippen LogP contribution is 2.14. The molecule has 18 heavy (non-hydrogen) atoms. The van der Waals surface area contributed by atoms with E-state index < -0.39 is 0 Å². The van der Waals surface area contributed by atoms with Crippen LogP contribution in [0.3, 0.4) is 0 Å². The van der Waals surface area contributed by atoms with Gasteiger partial charge in [-0.15, -0.1) is 0 Å². The number of hydrogen-bond donors (Lipinski definition) is 2. The molecule has 0 bridgehead atoms. The van der Waals surface area contributed by atoms with Crippen molar-refractivity contribution in [3.05, 3.63) is 11.6 Å². The van der Waals surface area contributed by atoms with Gasteiger partial charge in [0.25, 0.3) is 0 Å². The molecule has 1 aliphatic rings. The minimum atomic E-state index is -0.0848. The van der Waals surface area contributed by atoms with E-state index in [9.17, 15) is 0 Å². The number of rotatable bonds is 5. The van der Waals surface area contributed by atoms with Gasteiger partial charge in [-0.3, -0.25) is 10.00 Å². The molecule has 102 valence electrons. The average molecular weight is 253 g/mol. The molecule has 0 aliphatic carbocycles. The van der Waals surface area contributed by atoms with Crippen molar-refractivity contribution in [1.29, 1.82) is 0 Å². The van der Waals surface area contributed by atoms with E-state index in [1.807, 2.05) is 0 Å². The maximum absolute atomic E-state index is 6.02. The SMILES string of the molecule is CC(C)[C@H](N)c1n[nH]c(CCN2CCOCC2)n1. The Hall–Kier alpha value is -0.980. The fourth-order valence-electron chi connectivity index (χ4n) is 1.96. The van der Waals surface area contributed by atoms with Crippen molar-refractivity contribution < 1.29 is 4.74 Å². The number of nitrogens with two attached hydrogens (primary N) is 1. The predicted octanol–water partition coefficient (Wildman–Crippen LogP) is 0.335. The highest BCUT2D eigenvalue weighted by Gasteiger charge is 2.16. The molecule has 0 saturated carbocycles. The highest BCUT2D eigenvalue weighted by atomic mass is 16.5. The van der Waals surface area contributed by atoms with Gasteiger partial charge in [0.15, 0.2) is 5.82 Å². The second kappa shape index (κ2) is 6.26. The molecule has 0 aromatic carbocycles. The monoisotopic (exact) mass is 253 g/mol. The number of nitrogens with zero attached hydrogens (tertiary/aromatic N) is 3. The molecule has 2 heterocycles. The van der Waals surface area contributed by atoms with Crippen molar-refractivity contribution in [1.82, 2.24) is 20.1 Å². The molecule has 6 heteroatoms. The lowest BCUT2D eigenvalue weighted by molar-refractivity contribution is 0.0382. The van der Waals surface area contributed by atoms with Crippen molar-refractivity contribution in [2.45, 2.75) is 26.3 Å². The van der Waals surface area contributed by atoms with Gasteiger partial charge in [-0.2, -0.15) is 5.10 Å². The summed E-state index contributed by atoms with van der Waals surface area (Å²) < 4.78 is 5.32. The third kappa shape index (κ3) is 3.51. The van der Waals surface area contributed by atoms with Gasteiger partial charge in [-0.1, -0.05) is 13.8 Å². The fourth-order valence-corrected chi connectivity index (χ4v) is 1.96. The summed E-state index contributed by atoms with van der Waals surface area (Å²) in [5.74, 6) is 2.00. The molecular weight excluding hydrogens is 230 g/mol. The van der Waals surface area contributed by atoms with Crippen LogP contribution >= 0.6 is 0 Å². The van der Waals surface area contributed by atoms with E-state index >= 15 is 0 Å². The predicted molar refractivity (Wildman–Crippen MR) is 69.1 cm³/mol. The van der Waals surface area contributed by atoms with Crippen LogP contribution in [0.15, 0.2) is 0 Å². The number of nitrogens with one attached hydrogen (secondary N) is 1. The van der Waals surface area contributed by atoms with Crippen LogP contribution in [0.1, 0.15) is 31.5 Å². The minimum absolute atomic E-state index is 0.0848. The summed E-state index contributed by atoms with van der Waals surface area (Å²) >= 11 is 0. The lowest BCUT2D eigenvalue weighted by Gasteiger charge is -2.25. The molecule has 0 spiro atoms. The molecule has 0 radical (unpaired) electrons. The lowest BCUT2D eigenvalue weighted by Crippen LogP contribution is -2.37. The third-order valence-corrected chi connectivity index (χ3v) is 3.33. The largest absolute Gasteiger partial charge is 0.379 e. The van der Waals surface area contributed by atoms with Crippen LogP contribution in [0, 0.1) is 5.92 Å². The van der Waals surface area contributed by atoms with Crippen LogP contribution in [-0.4, -0.2) is 52.9 Å². The first kappa shape index (κ1) is 13.5. The smallest absolute Gasteiger partial charge is 0.167 e. The van der Waals surface area contributed by atoms with Gasteiger partial charge in [-0.05, 0) is 5.92 Å². The number of aromatic nitrogens is 3. The van der Waals surface area contributed by atoms with E-state index in [-0.39, 0.29) is 6.04 Å². The number of morpholine rings is 1. The summed E-state index contributed by atoms with van der Waals surface area (Å²) in [5, 5.41) is 7.18. The second-order valence-electron chi connectivity index (χ2n) is 5.11. The topological polar surface area (TPSA) is 80.1 Å². The van der Waals surface area contributed by atoms with Crippen molar-refractivity contribution in [3.8, 4) is 0 Å². The van der Waals surface area contributed by atoms with Crippen molar-refractivity contribution in [3.63, 3.8) is 0 Å². The van der Waals surface area contributed by atoms with Gasteiger partial charge < -0.3 is 10.5 Å². The van der Waals surface area contributed by atoms with Crippen LogP contribution in [0.5, 0.6) is 0 Å². The third-order valence-electron chi connectivity index (χ3n) is 3.33. The summed E-state index contributed by atoms with van der Waals surface area (Å²) in [5.41, 5.74) is 6.02. The van der Waals surface area contributed by atoms with Crippen molar-refractivity contribution in [2.24, 2.45) is 11.7 Å². The summed E-state index contributed by atoms with van der Waals surface area (Å²) in [6.45, 7) is 8.83. The number of ether oxygens (including phenoxy) is 1. The quantitative estimate of drug-likeness (QED) is 0.790. The summed E-state index contributed by atoms with van der Waals surface area (Å²) in [4.78, 5) is 6.85. The average Bonchev–Trinajstić information content (AvgIpc) is 2.85. The molecular formula is C12H23N5O. The van der Waals surface area contributed by atoms with Gasteiger partial charge >= 0.3 is 0 Å². The van der Waals surface area contributed by atoms with Gasteiger partial charge in [0.1, 0.15) is 5.82 Å². The molecule has 1 atom stereocenters. The van der Waals surface area contributed by atoms with Crippen molar-refractivity contribution in [2.75, 3.05) is 32.8 Å². The van der Waals surface area contributed by atoms with Gasteiger partial charge in [0, 0.05) is 26.1 Å². The first-order chi connectivity index (χ1) is 8.66. The summed E-state index contributed by atoms with van der Waals surface area (Å²) in [6.07, 6.45) is 0.887. The summed E-state index contributed by atoms with van der Waals surface area (Å²) in [7, 11) is 0. The summed E-state index contributed by atoms with van der Waals surface area (Å²) in [6, 6.07) is -0.0848. The number of aromatic amines is 1. The molecule has 0 unspecified atom stereocenters. The van der Waals surface area contributed by atoms with E-state index in [2.05, 4.69) is 33.9 Å². The first-order valence-corrected chi connectivity index (χ1v) is 6.63. The van der Waals surface area contributed by atoms with Crippen LogP contribution in [0.25, 0.3) is 0 Å². The standard InChI is InChI=1S/C12H23N5O/c1-9(2)11(13)12-14-10(15-16-12)3-4-17-5-7-18-8-6-17/h9,11H,3-8,13H2,1-2H3,(H,14,15,16)/t11-/m0/s1. The minimum Gasteiger partial charge on any atom is -0.379 e. The Labute approximate surface area is 108 Å². The van der Waals surface area contributed by atoms with Crippen LogP contribution < -0.4 is 5.73 Å². The molecule has 3 N–H and O–H groups in total. The molecule has 0 amide bonds. The van der Waals surface area contributed by atoms with E-state index in [0.29, 0.717) is 5.92 Å². The van der Waals surface area contributed by atoms with Crippen LogP contribution in [-0.2, 0) is 11.2 Å².